The van der Waals surface area contributed by atoms with Gasteiger partial charge in [0.1, 0.15) is 12.1 Å². The number of nitrogens with one attached hydrogen (secondary N) is 3. The Kier molecular flexibility index (Phi) is 14.1. The standard InChI is InChI=1S/C43H53N5O5S/c1-29-39(54-28-46-29)33-21-19-30(20-22-33)26-45-41(52)36-24-34(49)27-48(36)42(53)40(43(2,3)4)47-37(50)18-12-7-13-23-44-38(51)25-35(31-14-8-5-9-15-31)32-16-10-6-11-17-32/h5-6,8-11,14-17,19-22,28,34-36,40,49H,7,12-13,18,23-27H2,1-4H3,(H,44,51)(H,45,52)(H,47,50)/t34-,36+,40-/m1/s1. The van der Waals surface area contributed by atoms with E-state index in [2.05, 4.69) is 20.9 Å². The predicted octanol–water partition coefficient (Wildman–Crippen LogP) is 6.13. The molecule has 286 valence electrons. The molecule has 0 aliphatic carbocycles. The van der Waals surface area contributed by atoms with Crippen LogP contribution in [0.4, 0.5) is 0 Å². The van der Waals surface area contributed by atoms with E-state index in [1.54, 1.807) is 11.3 Å². The van der Waals surface area contributed by atoms with Crippen LogP contribution >= 0.6 is 11.3 Å². The first kappa shape index (κ1) is 40.3. The van der Waals surface area contributed by atoms with Crippen molar-refractivity contribution in [2.24, 2.45) is 5.41 Å². The van der Waals surface area contributed by atoms with Gasteiger partial charge in [-0.05, 0) is 47.4 Å². The van der Waals surface area contributed by atoms with Gasteiger partial charge < -0.3 is 26.0 Å². The second-order valence-corrected chi connectivity index (χ2v) is 16.0. The average molecular weight is 752 g/mol. The van der Waals surface area contributed by atoms with Crippen LogP contribution in [0.25, 0.3) is 10.4 Å². The molecule has 0 bridgehead atoms. The molecule has 0 unspecified atom stereocenters. The Labute approximate surface area is 322 Å². The Bertz CT molecular complexity index is 1800. The monoisotopic (exact) mass is 751 g/mol. The molecule has 0 spiro atoms. The Balaban J connectivity index is 1.07. The number of thiazole rings is 1. The van der Waals surface area contributed by atoms with E-state index in [0.29, 0.717) is 19.4 Å². The van der Waals surface area contributed by atoms with Crippen LogP contribution in [0.1, 0.15) is 87.6 Å². The van der Waals surface area contributed by atoms with E-state index < -0.39 is 23.6 Å². The highest BCUT2D eigenvalue weighted by Gasteiger charge is 2.44. The van der Waals surface area contributed by atoms with Crippen LogP contribution < -0.4 is 16.0 Å². The molecule has 1 saturated heterocycles. The van der Waals surface area contributed by atoms with Crippen LogP contribution in [0.3, 0.4) is 0 Å². The molecule has 1 aliphatic heterocycles. The van der Waals surface area contributed by atoms with Gasteiger partial charge in [0, 0.05) is 44.8 Å². The lowest BCUT2D eigenvalue weighted by Gasteiger charge is -2.35. The van der Waals surface area contributed by atoms with Gasteiger partial charge in [0.05, 0.1) is 22.2 Å². The van der Waals surface area contributed by atoms with Gasteiger partial charge in [0.15, 0.2) is 0 Å². The Morgan fingerprint density at radius 3 is 2.11 bits per heavy atom. The largest absolute Gasteiger partial charge is 0.391 e. The molecule has 10 nitrogen and oxygen atoms in total. The maximum Gasteiger partial charge on any atom is 0.246 e. The van der Waals surface area contributed by atoms with Crippen LogP contribution in [-0.4, -0.2) is 69.9 Å². The molecule has 0 radical (unpaired) electrons. The summed E-state index contributed by atoms with van der Waals surface area (Å²) in [4.78, 5) is 60.2. The average Bonchev–Trinajstić information content (AvgIpc) is 3.78. The second kappa shape index (κ2) is 18.9. The first-order valence-electron chi connectivity index (χ1n) is 18.8. The van der Waals surface area contributed by atoms with Gasteiger partial charge in [-0.3, -0.25) is 19.2 Å². The maximum atomic E-state index is 14.0. The predicted molar refractivity (Wildman–Crippen MR) is 212 cm³/mol. The van der Waals surface area contributed by atoms with Gasteiger partial charge in [-0.1, -0.05) is 112 Å². The molecule has 3 aromatic carbocycles. The second-order valence-electron chi connectivity index (χ2n) is 15.2. The number of likely N-dealkylation sites (tertiary alicyclic amines) is 1. The summed E-state index contributed by atoms with van der Waals surface area (Å²) in [6.07, 6.45) is 1.91. The van der Waals surface area contributed by atoms with Gasteiger partial charge in [-0.2, -0.15) is 0 Å². The smallest absolute Gasteiger partial charge is 0.246 e. The van der Waals surface area contributed by atoms with Crippen LogP contribution in [0, 0.1) is 12.3 Å². The van der Waals surface area contributed by atoms with E-state index in [4.69, 9.17) is 0 Å². The highest BCUT2D eigenvalue weighted by molar-refractivity contribution is 7.13. The van der Waals surface area contributed by atoms with Gasteiger partial charge in [0.25, 0.3) is 0 Å². The third kappa shape index (κ3) is 11.1. The van der Waals surface area contributed by atoms with Crippen molar-refractivity contribution in [3.63, 3.8) is 0 Å². The fraction of sp³-hybridized carbons (Fsp3) is 0.419. The number of aliphatic hydroxyl groups is 1. The van der Waals surface area contributed by atoms with Gasteiger partial charge in [-0.15, -0.1) is 11.3 Å². The molecule has 0 saturated carbocycles. The quantitative estimate of drug-likeness (QED) is 0.102. The minimum absolute atomic E-state index is 0.0193. The first-order valence-corrected chi connectivity index (χ1v) is 19.7. The summed E-state index contributed by atoms with van der Waals surface area (Å²) in [6, 6.07) is 26.3. The SMILES string of the molecule is Cc1ncsc1-c1ccc(CNC(=O)[C@@H]2C[C@@H](O)CN2C(=O)[C@@H](NC(=O)CCCCCNC(=O)CC(c2ccccc2)c2ccccc2)C(C)(C)C)cc1. The molecule has 4 aromatic rings. The van der Waals surface area contributed by atoms with E-state index in [9.17, 15) is 24.3 Å². The highest BCUT2D eigenvalue weighted by Crippen LogP contribution is 2.30. The van der Waals surface area contributed by atoms with E-state index in [1.807, 2.05) is 118 Å². The van der Waals surface area contributed by atoms with Crippen molar-refractivity contribution < 1.29 is 24.3 Å². The van der Waals surface area contributed by atoms with Crippen molar-refractivity contribution in [2.75, 3.05) is 13.1 Å². The molecule has 1 aromatic heterocycles. The molecule has 1 aliphatic rings. The van der Waals surface area contributed by atoms with E-state index in [0.717, 1.165) is 45.7 Å². The topological polar surface area (TPSA) is 141 Å². The van der Waals surface area contributed by atoms with Crippen molar-refractivity contribution in [3.8, 4) is 10.4 Å². The minimum atomic E-state index is -0.880. The lowest BCUT2D eigenvalue weighted by molar-refractivity contribution is -0.144. The third-order valence-electron chi connectivity index (χ3n) is 9.91. The molecular weight excluding hydrogens is 699 g/mol. The maximum absolute atomic E-state index is 14.0. The highest BCUT2D eigenvalue weighted by atomic mass is 32.1. The van der Waals surface area contributed by atoms with Crippen molar-refractivity contribution in [3.05, 3.63) is 113 Å². The van der Waals surface area contributed by atoms with Crippen molar-refractivity contribution in [1.29, 1.82) is 0 Å². The summed E-state index contributed by atoms with van der Waals surface area (Å²) in [5.41, 5.74) is 6.31. The number of nitrogens with zero attached hydrogens (tertiary/aromatic N) is 2. The van der Waals surface area contributed by atoms with Crippen molar-refractivity contribution >= 4 is 35.0 Å². The minimum Gasteiger partial charge on any atom is -0.391 e. The number of aromatic nitrogens is 1. The number of hydrogen-bond acceptors (Lipinski definition) is 7. The number of carbonyl (C=O) groups excluding carboxylic acids is 4. The summed E-state index contributed by atoms with van der Waals surface area (Å²) >= 11 is 1.58. The summed E-state index contributed by atoms with van der Waals surface area (Å²) < 4.78 is 0. The number of unbranched alkanes of at least 4 members (excludes halogenated alkanes) is 2. The van der Waals surface area contributed by atoms with Crippen LogP contribution in [0.2, 0.25) is 0 Å². The number of benzene rings is 3. The molecule has 54 heavy (non-hydrogen) atoms. The number of amides is 4. The number of carbonyl (C=O) groups is 4. The molecule has 3 atom stereocenters. The summed E-state index contributed by atoms with van der Waals surface area (Å²) in [6.45, 7) is 8.40. The summed E-state index contributed by atoms with van der Waals surface area (Å²) in [5.74, 6) is -1.04. The molecular formula is C43H53N5O5S. The molecule has 2 heterocycles. The Morgan fingerprint density at radius 1 is 0.870 bits per heavy atom. The molecule has 1 fully saturated rings. The third-order valence-corrected chi connectivity index (χ3v) is 10.9. The van der Waals surface area contributed by atoms with Crippen molar-refractivity contribution in [1.82, 2.24) is 25.8 Å². The Hall–Kier alpha value is -4.87. The summed E-state index contributed by atoms with van der Waals surface area (Å²) in [5, 5.41) is 19.4. The number of hydrogen-bond donors (Lipinski definition) is 4. The van der Waals surface area contributed by atoms with E-state index >= 15 is 0 Å². The zero-order valence-electron chi connectivity index (χ0n) is 31.7. The first-order chi connectivity index (χ1) is 25.9. The zero-order chi connectivity index (χ0) is 38.7. The number of rotatable bonds is 16. The van der Waals surface area contributed by atoms with E-state index in [-0.39, 0.29) is 55.5 Å². The van der Waals surface area contributed by atoms with Gasteiger partial charge in [-0.25, -0.2) is 4.98 Å². The van der Waals surface area contributed by atoms with Crippen LogP contribution in [0.15, 0.2) is 90.4 Å². The zero-order valence-corrected chi connectivity index (χ0v) is 32.5. The molecule has 4 amide bonds. The van der Waals surface area contributed by atoms with E-state index in [1.165, 1.54) is 4.90 Å². The van der Waals surface area contributed by atoms with Crippen LogP contribution in [-0.2, 0) is 25.7 Å². The van der Waals surface area contributed by atoms with Gasteiger partial charge in [0.2, 0.25) is 23.6 Å². The molecule has 5 rings (SSSR count). The Morgan fingerprint density at radius 2 is 1.52 bits per heavy atom. The number of aryl methyl sites for hydroxylation is 1. The number of β-amino-alcohol motifs (C(OH)–C–C–N with tert-alkyl or cyclic N) is 1. The summed E-state index contributed by atoms with van der Waals surface area (Å²) in [7, 11) is 0. The van der Waals surface area contributed by atoms with Crippen LogP contribution in [0.5, 0.6) is 0 Å². The molecule has 11 heteroatoms. The molecule has 4 N–H and O–H groups in total. The normalized spacial score (nSPS) is 16.2. The lowest BCUT2D eigenvalue weighted by Crippen LogP contribution is -2.57. The lowest BCUT2D eigenvalue weighted by atomic mass is 9.85. The van der Waals surface area contributed by atoms with Gasteiger partial charge >= 0.3 is 0 Å². The fourth-order valence-electron chi connectivity index (χ4n) is 6.89. The number of aliphatic hydroxyl groups excluding tert-OH is 1. The van der Waals surface area contributed by atoms with Crippen molar-refractivity contribution in [2.45, 2.75) is 96.9 Å². The fourth-order valence-corrected chi connectivity index (χ4v) is 7.70.